The lowest BCUT2D eigenvalue weighted by Crippen LogP contribution is -2.42. The summed E-state index contributed by atoms with van der Waals surface area (Å²) in [6.07, 6.45) is 1.49. The third-order valence-corrected chi connectivity index (χ3v) is 3.39. The monoisotopic (exact) mass is 300 g/mol. The van der Waals surface area contributed by atoms with E-state index >= 15 is 0 Å². The number of esters is 2. The number of hydrogen-bond acceptors (Lipinski definition) is 6. The topological polar surface area (TPSA) is 84.9 Å². The molecule has 7 heteroatoms. The van der Waals surface area contributed by atoms with E-state index in [-0.39, 0.29) is 24.7 Å². The molecule has 0 aliphatic carbocycles. The third-order valence-electron chi connectivity index (χ3n) is 3.39. The molecule has 21 heavy (non-hydrogen) atoms. The molecule has 1 heterocycles. The number of hydrogen-bond donors (Lipinski definition) is 1. The first-order valence-electron chi connectivity index (χ1n) is 7.33. The van der Waals surface area contributed by atoms with Crippen molar-refractivity contribution < 1.29 is 23.9 Å². The summed E-state index contributed by atoms with van der Waals surface area (Å²) in [5.41, 5.74) is 0. The number of ether oxygens (including phenoxy) is 2. The van der Waals surface area contributed by atoms with Crippen LogP contribution in [-0.2, 0) is 23.9 Å². The summed E-state index contributed by atoms with van der Waals surface area (Å²) in [6, 6.07) is -0.517. The van der Waals surface area contributed by atoms with Crippen molar-refractivity contribution in [2.45, 2.75) is 38.6 Å². The van der Waals surface area contributed by atoms with E-state index in [2.05, 4.69) is 10.1 Å². The van der Waals surface area contributed by atoms with Gasteiger partial charge in [0.2, 0.25) is 5.91 Å². The molecule has 0 spiro atoms. The molecule has 0 aromatic carbocycles. The van der Waals surface area contributed by atoms with Crippen molar-refractivity contribution in [3.8, 4) is 0 Å². The maximum absolute atomic E-state index is 12.1. The van der Waals surface area contributed by atoms with Crippen LogP contribution in [0.5, 0.6) is 0 Å². The maximum Gasteiger partial charge on any atom is 0.328 e. The van der Waals surface area contributed by atoms with E-state index < -0.39 is 12.0 Å². The van der Waals surface area contributed by atoms with Crippen LogP contribution in [-0.4, -0.2) is 62.1 Å². The van der Waals surface area contributed by atoms with Crippen molar-refractivity contribution in [2.24, 2.45) is 0 Å². The quantitative estimate of drug-likeness (QED) is 0.505. The largest absolute Gasteiger partial charge is 0.469 e. The summed E-state index contributed by atoms with van der Waals surface area (Å²) in [5.74, 6) is -0.990. The molecule has 0 saturated carbocycles. The summed E-state index contributed by atoms with van der Waals surface area (Å²) in [5, 5.41) is 3.06. The Kier molecular flexibility index (Phi) is 7.74. The predicted octanol–water partition coefficient (Wildman–Crippen LogP) is 0.0833. The van der Waals surface area contributed by atoms with Crippen molar-refractivity contribution in [3.05, 3.63) is 0 Å². The highest BCUT2D eigenvalue weighted by atomic mass is 16.5. The van der Waals surface area contributed by atoms with Gasteiger partial charge in [0.25, 0.3) is 0 Å². The van der Waals surface area contributed by atoms with Crippen LogP contribution in [0.3, 0.4) is 0 Å². The smallest absolute Gasteiger partial charge is 0.328 e. The Morgan fingerprint density at radius 2 is 2.05 bits per heavy atom. The number of likely N-dealkylation sites (N-methyl/N-ethyl adjacent to an activating group) is 1. The number of nitrogens with zero attached hydrogens (tertiary/aromatic N) is 1. The first kappa shape index (κ1) is 17.4. The van der Waals surface area contributed by atoms with Gasteiger partial charge in [-0.25, -0.2) is 4.79 Å². The van der Waals surface area contributed by atoms with Crippen molar-refractivity contribution in [3.63, 3.8) is 0 Å². The van der Waals surface area contributed by atoms with Gasteiger partial charge in [0.1, 0.15) is 12.6 Å². The summed E-state index contributed by atoms with van der Waals surface area (Å²) < 4.78 is 9.67. The molecule has 1 N–H and O–H groups in total. The Hall–Kier alpha value is -1.63. The van der Waals surface area contributed by atoms with Gasteiger partial charge in [0.15, 0.2) is 0 Å². The Morgan fingerprint density at radius 1 is 1.29 bits per heavy atom. The van der Waals surface area contributed by atoms with E-state index in [4.69, 9.17) is 4.74 Å². The highest BCUT2D eigenvalue weighted by Gasteiger charge is 2.35. The number of carbonyl (C=O) groups is 3. The lowest BCUT2D eigenvalue weighted by Gasteiger charge is -2.23. The number of nitrogens with one attached hydrogen (secondary N) is 1. The second-order valence-corrected chi connectivity index (χ2v) is 4.84. The van der Waals surface area contributed by atoms with Crippen molar-refractivity contribution in [1.29, 1.82) is 0 Å². The zero-order valence-electron chi connectivity index (χ0n) is 12.7. The van der Waals surface area contributed by atoms with Gasteiger partial charge in [0, 0.05) is 19.5 Å². The van der Waals surface area contributed by atoms with Crippen LogP contribution in [0, 0.1) is 0 Å². The molecule has 7 nitrogen and oxygen atoms in total. The number of likely N-dealkylation sites (tertiary alicyclic amines) is 1. The zero-order valence-corrected chi connectivity index (χ0v) is 12.7. The molecule has 120 valence electrons. The van der Waals surface area contributed by atoms with E-state index in [0.717, 1.165) is 13.0 Å². The lowest BCUT2D eigenvalue weighted by molar-refractivity contribution is -0.153. The molecule has 1 saturated heterocycles. The van der Waals surface area contributed by atoms with Gasteiger partial charge < -0.3 is 19.7 Å². The maximum atomic E-state index is 12.1. The third kappa shape index (κ3) is 5.71. The summed E-state index contributed by atoms with van der Waals surface area (Å²) in [4.78, 5) is 36.6. The molecular weight excluding hydrogens is 276 g/mol. The van der Waals surface area contributed by atoms with E-state index in [1.807, 2.05) is 6.92 Å². The molecule has 0 aromatic rings. The molecule has 1 amide bonds. The van der Waals surface area contributed by atoms with E-state index in [0.29, 0.717) is 26.1 Å². The average molecular weight is 300 g/mol. The van der Waals surface area contributed by atoms with Crippen molar-refractivity contribution in [2.75, 3.05) is 33.4 Å². The highest BCUT2D eigenvalue weighted by Crippen LogP contribution is 2.20. The molecular formula is C14H24N2O5. The minimum absolute atomic E-state index is 0.0357. The lowest BCUT2D eigenvalue weighted by atomic mass is 10.2. The molecule has 1 unspecified atom stereocenters. The zero-order chi connectivity index (χ0) is 15.7. The molecule has 0 bridgehead atoms. The second kappa shape index (κ2) is 9.33. The molecule has 1 fully saturated rings. The highest BCUT2D eigenvalue weighted by molar-refractivity contribution is 5.87. The van der Waals surface area contributed by atoms with Crippen LogP contribution in [0.4, 0.5) is 0 Å². The average Bonchev–Trinajstić information content (AvgIpc) is 2.98. The number of carbonyl (C=O) groups excluding carboxylic acids is 3. The number of rotatable bonds is 8. The predicted molar refractivity (Wildman–Crippen MR) is 75.5 cm³/mol. The van der Waals surface area contributed by atoms with Crippen LogP contribution in [0.15, 0.2) is 0 Å². The molecule has 1 atom stereocenters. The van der Waals surface area contributed by atoms with Gasteiger partial charge in [0.05, 0.1) is 13.5 Å². The van der Waals surface area contributed by atoms with Crippen molar-refractivity contribution >= 4 is 17.8 Å². The summed E-state index contributed by atoms with van der Waals surface area (Å²) in [7, 11) is 1.28. The van der Waals surface area contributed by atoms with E-state index in [1.165, 1.54) is 12.0 Å². The fraction of sp³-hybridized carbons (Fsp3) is 0.786. The van der Waals surface area contributed by atoms with Crippen LogP contribution in [0.1, 0.15) is 32.6 Å². The Labute approximate surface area is 124 Å². The van der Waals surface area contributed by atoms with E-state index in [9.17, 15) is 14.4 Å². The minimum Gasteiger partial charge on any atom is -0.469 e. The summed E-state index contributed by atoms with van der Waals surface area (Å²) in [6.45, 7) is 4.23. The first-order valence-corrected chi connectivity index (χ1v) is 7.33. The van der Waals surface area contributed by atoms with Crippen molar-refractivity contribution in [1.82, 2.24) is 10.2 Å². The Balaban J connectivity index is 2.40. The van der Waals surface area contributed by atoms with E-state index in [1.54, 1.807) is 0 Å². The minimum atomic E-state index is -0.517. The van der Waals surface area contributed by atoms with Gasteiger partial charge >= 0.3 is 11.9 Å². The van der Waals surface area contributed by atoms with Crippen LogP contribution < -0.4 is 5.32 Å². The van der Waals surface area contributed by atoms with Gasteiger partial charge in [-0.2, -0.15) is 0 Å². The standard InChI is InChI=1S/C14H24N2O5/c1-3-15-8-10-21-14(19)11-5-4-9-16(11)12(17)6-7-13(18)20-2/h11,15H,3-10H2,1-2H3. The molecule has 0 aromatic heterocycles. The number of amides is 1. The number of methoxy groups -OCH3 is 1. The second-order valence-electron chi connectivity index (χ2n) is 4.84. The normalized spacial score (nSPS) is 17.6. The summed E-state index contributed by atoms with van der Waals surface area (Å²) >= 11 is 0. The molecule has 1 aliphatic heterocycles. The van der Waals surface area contributed by atoms with Crippen LogP contribution >= 0.6 is 0 Å². The van der Waals surface area contributed by atoms with Gasteiger partial charge in [-0.1, -0.05) is 6.92 Å². The van der Waals surface area contributed by atoms with Gasteiger partial charge in [-0.3, -0.25) is 9.59 Å². The molecule has 1 rings (SSSR count). The van der Waals surface area contributed by atoms with Gasteiger partial charge in [-0.05, 0) is 19.4 Å². The Morgan fingerprint density at radius 3 is 2.71 bits per heavy atom. The first-order chi connectivity index (χ1) is 10.1. The fourth-order valence-electron chi connectivity index (χ4n) is 2.26. The van der Waals surface area contributed by atoms with Gasteiger partial charge in [-0.15, -0.1) is 0 Å². The molecule has 1 aliphatic rings. The SMILES string of the molecule is CCNCCOC(=O)C1CCCN1C(=O)CCC(=O)OC. The fourth-order valence-corrected chi connectivity index (χ4v) is 2.26. The Bertz CT molecular complexity index is 372. The molecule has 0 radical (unpaired) electrons. The van der Waals surface area contributed by atoms with Crippen LogP contribution in [0.2, 0.25) is 0 Å². The van der Waals surface area contributed by atoms with Crippen LogP contribution in [0.25, 0.3) is 0 Å².